The molecule has 0 saturated heterocycles. The van der Waals surface area contributed by atoms with Crippen molar-refractivity contribution in [3.8, 4) is 17.5 Å². The molecule has 0 saturated carbocycles. The van der Waals surface area contributed by atoms with Gasteiger partial charge in [-0.3, -0.25) is 9.36 Å². The molecule has 0 amide bonds. The van der Waals surface area contributed by atoms with Crippen molar-refractivity contribution in [3.05, 3.63) is 110 Å². The average Bonchev–Trinajstić information content (AvgIpc) is 3.42. The molecule has 33 heavy (non-hydrogen) atoms. The molecule has 0 aliphatic carbocycles. The molecule has 2 heterocycles. The first-order valence-corrected chi connectivity index (χ1v) is 11.0. The van der Waals surface area contributed by atoms with Gasteiger partial charge in [-0.05, 0) is 48.0 Å². The summed E-state index contributed by atoms with van der Waals surface area (Å²) in [4.78, 5) is 21.3. The number of hydrogen-bond acceptors (Lipinski definition) is 5. The zero-order valence-electron chi connectivity index (χ0n) is 17.6. The Hall–Kier alpha value is -4.41. The molecule has 2 aromatic heterocycles. The molecule has 0 unspecified atom stereocenters. The molecule has 6 nitrogen and oxygen atoms in total. The van der Waals surface area contributed by atoms with Crippen LogP contribution in [0.25, 0.3) is 28.4 Å². The molecule has 5 rings (SSSR count). The molecule has 160 valence electrons. The molecule has 1 N–H and O–H groups in total. The Morgan fingerprint density at radius 3 is 2.48 bits per heavy atom. The van der Waals surface area contributed by atoms with E-state index in [1.165, 1.54) is 11.3 Å². The van der Waals surface area contributed by atoms with Gasteiger partial charge in [0.2, 0.25) is 0 Å². The minimum Gasteiger partial charge on any atom is -0.497 e. The smallest absolute Gasteiger partial charge is 0.273 e. The van der Waals surface area contributed by atoms with Crippen molar-refractivity contribution in [2.75, 3.05) is 7.11 Å². The lowest BCUT2D eigenvalue weighted by Gasteiger charge is -2.02. The maximum Gasteiger partial charge on any atom is 0.273 e. The zero-order chi connectivity index (χ0) is 22.8. The van der Waals surface area contributed by atoms with Gasteiger partial charge in [0, 0.05) is 0 Å². The molecule has 0 spiro atoms. The first-order chi connectivity index (χ1) is 16.2. The predicted molar refractivity (Wildman–Crippen MR) is 130 cm³/mol. The van der Waals surface area contributed by atoms with Crippen LogP contribution in [-0.4, -0.2) is 21.6 Å². The number of methoxy groups -OCH3 is 1. The van der Waals surface area contributed by atoms with Crippen LogP contribution in [0.4, 0.5) is 0 Å². The number of imidazole rings is 1. The zero-order valence-corrected chi connectivity index (χ0v) is 18.5. The number of thiazole rings is 1. The third-order valence-corrected chi connectivity index (χ3v) is 6.30. The summed E-state index contributed by atoms with van der Waals surface area (Å²) < 4.78 is 7.83. The number of ether oxygens (including phenoxy) is 1. The fourth-order valence-corrected chi connectivity index (χ4v) is 4.69. The minimum atomic E-state index is -0.194. The number of aromatic nitrogens is 3. The number of fused-ring (bicyclic) bond motifs is 1. The van der Waals surface area contributed by atoms with Crippen molar-refractivity contribution in [3.63, 3.8) is 0 Å². The third kappa shape index (κ3) is 3.84. The van der Waals surface area contributed by atoms with Gasteiger partial charge >= 0.3 is 0 Å². The highest BCUT2D eigenvalue weighted by Gasteiger charge is 2.15. The van der Waals surface area contributed by atoms with E-state index in [4.69, 9.17) is 4.74 Å². The standard InChI is InChI=1S/C26H18N4O2S/c1-32-19-13-11-17(12-14-19)15-23-25(31)30(18-7-3-2-4-8-18)26(33-23)20(16-27)24-28-21-9-5-6-10-22(21)29-24/h2-15H,1H3,(H,28,29). The summed E-state index contributed by atoms with van der Waals surface area (Å²) in [5, 5.41) is 10.1. The van der Waals surface area contributed by atoms with Crippen molar-refractivity contribution in [1.29, 1.82) is 5.26 Å². The van der Waals surface area contributed by atoms with Crippen molar-refractivity contribution in [2.45, 2.75) is 0 Å². The van der Waals surface area contributed by atoms with Gasteiger partial charge in [0.15, 0.2) is 5.82 Å². The lowest BCUT2D eigenvalue weighted by molar-refractivity contribution is 0.415. The van der Waals surface area contributed by atoms with Crippen LogP contribution in [-0.2, 0) is 0 Å². The monoisotopic (exact) mass is 450 g/mol. The van der Waals surface area contributed by atoms with Crippen LogP contribution in [0.2, 0.25) is 0 Å². The summed E-state index contributed by atoms with van der Waals surface area (Å²) in [7, 11) is 1.61. The number of aromatic amines is 1. The van der Waals surface area contributed by atoms with E-state index in [1.807, 2.05) is 84.9 Å². The maximum atomic E-state index is 13.5. The Bertz CT molecular complexity index is 1640. The molecule has 0 atom stereocenters. The van der Waals surface area contributed by atoms with E-state index in [0.717, 1.165) is 22.3 Å². The number of nitrogens with one attached hydrogen (secondary N) is 1. The molecule has 5 aromatic rings. The molecule has 0 aliphatic rings. The summed E-state index contributed by atoms with van der Waals surface area (Å²) in [6, 6.07) is 26.6. The van der Waals surface area contributed by atoms with Gasteiger partial charge in [-0.1, -0.05) is 42.5 Å². The Morgan fingerprint density at radius 1 is 1.06 bits per heavy atom. The van der Waals surface area contributed by atoms with Crippen LogP contribution in [0.3, 0.4) is 0 Å². The number of hydrogen-bond donors (Lipinski definition) is 1. The predicted octanol–water partition coefficient (Wildman–Crippen LogP) is 3.34. The average molecular weight is 451 g/mol. The van der Waals surface area contributed by atoms with E-state index >= 15 is 0 Å². The van der Waals surface area contributed by atoms with E-state index < -0.39 is 0 Å². The number of rotatable bonds is 4. The first kappa shape index (κ1) is 20.5. The topological polar surface area (TPSA) is 83.7 Å². The molecule has 0 bridgehead atoms. The summed E-state index contributed by atoms with van der Waals surface area (Å²) in [6.45, 7) is 0. The number of benzene rings is 3. The lowest BCUT2D eigenvalue weighted by Crippen LogP contribution is -2.30. The Kier molecular flexibility index (Phi) is 5.35. The summed E-state index contributed by atoms with van der Waals surface area (Å²) in [5.74, 6) is 1.17. The Morgan fingerprint density at radius 2 is 1.79 bits per heavy atom. The summed E-state index contributed by atoms with van der Waals surface area (Å²) >= 11 is 1.27. The van der Waals surface area contributed by atoms with Gasteiger partial charge in [-0.15, -0.1) is 11.3 Å². The SMILES string of the molecule is COc1ccc(C=c2sc(=C(C#N)c3nc4ccccc4[nH]3)n(-c3ccccc3)c2=O)cc1. The normalized spacial score (nSPS) is 12.5. The van der Waals surface area contributed by atoms with Crippen LogP contribution < -0.4 is 19.5 Å². The summed E-state index contributed by atoms with van der Waals surface area (Å²) in [6.07, 6.45) is 1.82. The second-order valence-corrected chi connectivity index (χ2v) is 8.29. The van der Waals surface area contributed by atoms with E-state index in [2.05, 4.69) is 16.0 Å². The van der Waals surface area contributed by atoms with Gasteiger partial charge in [0.1, 0.15) is 22.1 Å². The molecule has 3 aromatic carbocycles. The number of para-hydroxylation sites is 3. The Labute approximate surface area is 193 Å². The van der Waals surface area contributed by atoms with Gasteiger partial charge in [-0.25, -0.2) is 4.98 Å². The second kappa shape index (κ2) is 8.61. The van der Waals surface area contributed by atoms with E-state index in [1.54, 1.807) is 11.7 Å². The highest BCUT2D eigenvalue weighted by Crippen LogP contribution is 2.16. The lowest BCUT2D eigenvalue weighted by atomic mass is 10.2. The van der Waals surface area contributed by atoms with Gasteiger partial charge < -0.3 is 9.72 Å². The summed E-state index contributed by atoms with van der Waals surface area (Å²) in [5.41, 5.74) is 3.26. The number of nitriles is 1. The van der Waals surface area contributed by atoms with Gasteiger partial charge in [-0.2, -0.15) is 5.26 Å². The van der Waals surface area contributed by atoms with Crippen LogP contribution in [0.5, 0.6) is 5.75 Å². The second-order valence-electron chi connectivity index (χ2n) is 7.25. The highest BCUT2D eigenvalue weighted by molar-refractivity contribution is 7.07. The minimum absolute atomic E-state index is 0.194. The quantitative estimate of drug-likeness (QED) is 0.455. The van der Waals surface area contributed by atoms with Crippen LogP contribution in [0.1, 0.15) is 11.4 Å². The molecular weight excluding hydrogens is 432 g/mol. The van der Waals surface area contributed by atoms with Crippen molar-refractivity contribution in [1.82, 2.24) is 14.5 Å². The van der Waals surface area contributed by atoms with E-state index in [9.17, 15) is 10.1 Å². The van der Waals surface area contributed by atoms with Crippen LogP contribution in [0.15, 0.2) is 83.7 Å². The molecule has 0 fully saturated rings. The maximum absolute atomic E-state index is 13.5. The fourth-order valence-electron chi connectivity index (χ4n) is 3.59. The highest BCUT2D eigenvalue weighted by atomic mass is 32.1. The molecule has 0 aliphatic heterocycles. The van der Waals surface area contributed by atoms with E-state index in [-0.39, 0.29) is 5.56 Å². The first-order valence-electron chi connectivity index (χ1n) is 10.2. The third-order valence-electron chi connectivity index (χ3n) is 5.20. The fraction of sp³-hybridized carbons (Fsp3) is 0.0385. The van der Waals surface area contributed by atoms with Crippen molar-refractivity contribution in [2.24, 2.45) is 0 Å². The van der Waals surface area contributed by atoms with Gasteiger partial charge in [0.05, 0.1) is 28.4 Å². The van der Waals surface area contributed by atoms with Crippen molar-refractivity contribution >= 4 is 34.0 Å². The van der Waals surface area contributed by atoms with Crippen LogP contribution in [0, 0.1) is 11.3 Å². The van der Waals surface area contributed by atoms with Gasteiger partial charge in [0.25, 0.3) is 5.56 Å². The Balaban J connectivity index is 1.82. The van der Waals surface area contributed by atoms with Crippen molar-refractivity contribution < 1.29 is 4.74 Å². The largest absolute Gasteiger partial charge is 0.497 e. The molecular formula is C26H18N4O2S. The molecule has 0 radical (unpaired) electrons. The number of H-pyrrole nitrogens is 1. The number of nitrogens with zero attached hydrogens (tertiary/aromatic N) is 3. The molecule has 7 heteroatoms. The van der Waals surface area contributed by atoms with Crippen LogP contribution >= 0.6 is 11.3 Å². The van der Waals surface area contributed by atoms with E-state index in [0.29, 0.717) is 26.3 Å².